The number of aliphatic carboxylic acids is 3. The van der Waals surface area contributed by atoms with E-state index in [1.165, 1.54) is 6.92 Å². The van der Waals surface area contributed by atoms with Crippen molar-refractivity contribution in [3.63, 3.8) is 0 Å². The predicted molar refractivity (Wildman–Crippen MR) is 74.1 cm³/mol. The summed E-state index contributed by atoms with van der Waals surface area (Å²) in [6, 6.07) is -2.98. The molecule has 23 heavy (non-hydrogen) atoms. The molecular weight excluding hydrogens is 312 g/mol. The number of hydrogen-bond acceptors (Lipinski definition) is 5. The lowest BCUT2D eigenvalue weighted by Gasteiger charge is -2.11. The van der Waals surface area contributed by atoms with Crippen molar-refractivity contribution in [1.29, 1.82) is 0 Å². The Hall–Kier alpha value is -3.35. The molecular formula is C13H14N2O8. The molecule has 124 valence electrons. The molecule has 0 aromatic carbocycles. The van der Waals surface area contributed by atoms with Crippen LogP contribution in [0, 0.1) is 17.8 Å². The Morgan fingerprint density at radius 2 is 1.61 bits per heavy atom. The molecule has 0 aromatic rings. The lowest BCUT2D eigenvalue weighted by Crippen LogP contribution is -2.46. The zero-order chi connectivity index (χ0) is 18.2. The molecule has 0 rings (SSSR count). The Labute approximate surface area is 130 Å². The molecule has 2 amide bonds. The van der Waals surface area contributed by atoms with Gasteiger partial charge in [-0.05, 0) is 18.9 Å². The first-order chi connectivity index (χ1) is 10.5. The maximum atomic E-state index is 11.6. The second-order valence-electron chi connectivity index (χ2n) is 4.21. The minimum Gasteiger partial charge on any atom is -0.481 e. The Morgan fingerprint density at radius 3 is 2.00 bits per heavy atom. The molecule has 2 unspecified atom stereocenters. The summed E-state index contributed by atoms with van der Waals surface area (Å²) in [7, 11) is 0. The second kappa shape index (κ2) is 8.83. The smallest absolute Gasteiger partial charge is 0.352 e. The molecule has 0 heterocycles. The van der Waals surface area contributed by atoms with Crippen molar-refractivity contribution in [3.05, 3.63) is 11.8 Å². The summed E-state index contributed by atoms with van der Waals surface area (Å²) in [4.78, 5) is 54.7. The van der Waals surface area contributed by atoms with Crippen molar-refractivity contribution in [2.75, 3.05) is 0 Å². The summed E-state index contributed by atoms with van der Waals surface area (Å²) < 4.78 is 0. The molecule has 10 heteroatoms. The van der Waals surface area contributed by atoms with Gasteiger partial charge < -0.3 is 26.0 Å². The molecule has 5 N–H and O–H groups in total. The van der Waals surface area contributed by atoms with Gasteiger partial charge in [-0.1, -0.05) is 5.92 Å². The minimum absolute atomic E-state index is 0.625. The lowest BCUT2D eigenvalue weighted by atomic mass is 10.1. The van der Waals surface area contributed by atoms with Gasteiger partial charge in [0.25, 0.3) is 0 Å². The van der Waals surface area contributed by atoms with Gasteiger partial charge >= 0.3 is 23.9 Å². The number of carboxylic acid groups (broad SMARTS) is 3. The molecule has 0 aliphatic rings. The summed E-state index contributed by atoms with van der Waals surface area (Å²) in [5, 5.41) is 30.0. The number of hydrogen-bond donors (Lipinski definition) is 5. The normalized spacial score (nSPS) is 12.9. The Balaban J connectivity index is 5.11. The van der Waals surface area contributed by atoms with E-state index in [4.69, 9.17) is 15.3 Å². The van der Waals surface area contributed by atoms with Crippen molar-refractivity contribution < 1.29 is 39.3 Å². The highest BCUT2D eigenvalue weighted by atomic mass is 16.4. The number of carbonyl (C=O) groups excluding carboxylic acids is 2. The molecule has 0 radical (unpaired) electrons. The highest BCUT2D eigenvalue weighted by Crippen LogP contribution is 2.02. The van der Waals surface area contributed by atoms with E-state index in [2.05, 4.69) is 0 Å². The summed E-state index contributed by atoms with van der Waals surface area (Å²) >= 11 is 0. The average molecular weight is 326 g/mol. The highest BCUT2D eigenvalue weighted by molar-refractivity contribution is 5.96. The van der Waals surface area contributed by atoms with Crippen LogP contribution in [0.1, 0.15) is 13.8 Å². The third-order valence-electron chi connectivity index (χ3n) is 2.20. The van der Waals surface area contributed by atoms with E-state index in [1.807, 2.05) is 22.5 Å². The van der Waals surface area contributed by atoms with Crippen LogP contribution in [-0.4, -0.2) is 51.1 Å². The van der Waals surface area contributed by atoms with Crippen LogP contribution < -0.4 is 10.6 Å². The topological polar surface area (TPSA) is 170 Å². The minimum atomic E-state index is -1.74. The second-order valence-corrected chi connectivity index (χ2v) is 4.21. The molecule has 0 saturated heterocycles. The number of nitrogens with one attached hydrogen (secondary N) is 2. The quantitative estimate of drug-likeness (QED) is 0.235. The highest BCUT2D eigenvalue weighted by Gasteiger charge is 2.20. The SMILES string of the molecule is CC(=O)C#CC(NC(=O)N/C(=C/C(C)C(=O)O)C(=O)O)C(=O)O. The zero-order valence-electron chi connectivity index (χ0n) is 12.1. The number of Topliss-reactive ketones (excluding diaryl/α,β-unsaturated/α-hetero) is 1. The van der Waals surface area contributed by atoms with Crippen LogP contribution >= 0.6 is 0 Å². The zero-order valence-corrected chi connectivity index (χ0v) is 12.1. The standard InChI is InChI=1S/C13H14N2O8/c1-6(10(17)18)5-9(12(21)22)15-13(23)14-8(11(19)20)4-3-7(2)16/h5-6,8H,1-2H3,(H,17,18)(H,19,20)(H,21,22)(H2,14,15,23)/b9-5+. The fraction of sp³-hybridized carbons (Fsp3) is 0.308. The van der Waals surface area contributed by atoms with E-state index >= 15 is 0 Å². The van der Waals surface area contributed by atoms with Crippen molar-refractivity contribution >= 4 is 29.7 Å². The largest absolute Gasteiger partial charge is 0.481 e. The van der Waals surface area contributed by atoms with Crippen LogP contribution in [0.15, 0.2) is 11.8 Å². The van der Waals surface area contributed by atoms with Gasteiger partial charge in [0, 0.05) is 6.92 Å². The number of urea groups is 1. The number of carboxylic acids is 3. The molecule has 2 atom stereocenters. The van der Waals surface area contributed by atoms with Gasteiger partial charge in [-0.3, -0.25) is 9.59 Å². The molecule has 10 nitrogen and oxygen atoms in total. The van der Waals surface area contributed by atoms with E-state index in [1.54, 1.807) is 0 Å². The van der Waals surface area contributed by atoms with Crippen molar-refractivity contribution in [3.8, 4) is 11.8 Å². The maximum Gasteiger partial charge on any atom is 0.352 e. The number of carbonyl (C=O) groups is 5. The monoisotopic (exact) mass is 326 g/mol. The fourth-order valence-corrected chi connectivity index (χ4v) is 1.11. The predicted octanol–water partition coefficient (Wildman–Crippen LogP) is -0.980. The maximum absolute atomic E-state index is 11.6. The molecule has 0 bridgehead atoms. The molecule has 0 aromatic heterocycles. The molecule has 0 aliphatic carbocycles. The number of amides is 2. The van der Waals surface area contributed by atoms with Gasteiger partial charge in [-0.15, -0.1) is 0 Å². The number of ketones is 1. The summed E-state index contributed by atoms with van der Waals surface area (Å²) in [5.74, 6) is -2.41. The van der Waals surface area contributed by atoms with Gasteiger partial charge in [0.05, 0.1) is 5.92 Å². The Kier molecular flexibility index (Phi) is 7.54. The van der Waals surface area contributed by atoms with Gasteiger partial charge in [-0.2, -0.15) is 0 Å². The average Bonchev–Trinajstić information content (AvgIpc) is 2.41. The molecule has 0 fully saturated rings. The van der Waals surface area contributed by atoms with Crippen LogP contribution in [-0.2, 0) is 19.2 Å². The van der Waals surface area contributed by atoms with E-state index in [9.17, 15) is 24.0 Å². The summed E-state index contributed by atoms with van der Waals surface area (Å²) in [6.45, 7) is 2.27. The Morgan fingerprint density at radius 1 is 1.04 bits per heavy atom. The van der Waals surface area contributed by atoms with E-state index < -0.39 is 47.4 Å². The first-order valence-corrected chi connectivity index (χ1v) is 6.05. The summed E-state index contributed by atoms with van der Waals surface area (Å²) in [6.07, 6.45) is 0.765. The van der Waals surface area contributed by atoms with Gasteiger partial charge in [0.1, 0.15) is 5.70 Å². The molecule has 0 spiro atoms. The van der Waals surface area contributed by atoms with E-state index in [0.29, 0.717) is 0 Å². The van der Waals surface area contributed by atoms with Crippen LogP contribution in [0.2, 0.25) is 0 Å². The van der Waals surface area contributed by atoms with Crippen LogP contribution in [0.4, 0.5) is 4.79 Å². The Bertz CT molecular complexity index is 626. The van der Waals surface area contributed by atoms with Gasteiger partial charge in [0.2, 0.25) is 5.78 Å². The van der Waals surface area contributed by atoms with Gasteiger partial charge in [0.15, 0.2) is 6.04 Å². The third kappa shape index (κ3) is 7.86. The van der Waals surface area contributed by atoms with Crippen molar-refractivity contribution in [2.24, 2.45) is 5.92 Å². The van der Waals surface area contributed by atoms with E-state index in [0.717, 1.165) is 13.0 Å². The molecule has 0 aliphatic heterocycles. The van der Waals surface area contributed by atoms with Crippen LogP contribution in [0.5, 0.6) is 0 Å². The first kappa shape index (κ1) is 19.7. The number of rotatable bonds is 6. The lowest BCUT2D eigenvalue weighted by molar-refractivity contribution is -0.139. The van der Waals surface area contributed by atoms with Crippen LogP contribution in [0.25, 0.3) is 0 Å². The van der Waals surface area contributed by atoms with E-state index in [-0.39, 0.29) is 0 Å². The van der Waals surface area contributed by atoms with Crippen LogP contribution in [0.3, 0.4) is 0 Å². The molecule has 0 saturated carbocycles. The van der Waals surface area contributed by atoms with Crippen molar-refractivity contribution in [1.82, 2.24) is 10.6 Å². The fourth-order valence-electron chi connectivity index (χ4n) is 1.11. The third-order valence-corrected chi connectivity index (χ3v) is 2.20. The van der Waals surface area contributed by atoms with Gasteiger partial charge in [-0.25, -0.2) is 14.4 Å². The van der Waals surface area contributed by atoms with Crippen molar-refractivity contribution in [2.45, 2.75) is 19.9 Å². The summed E-state index contributed by atoms with van der Waals surface area (Å²) in [5.41, 5.74) is -0.749. The first-order valence-electron chi connectivity index (χ1n) is 6.05.